The van der Waals surface area contributed by atoms with E-state index in [-0.39, 0.29) is 5.41 Å². The van der Waals surface area contributed by atoms with Crippen LogP contribution in [0.1, 0.15) is 32.3 Å². The van der Waals surface area contributed by atoms with Crippen LogP contribution in [0.4, 0.5) is 5.82 Å². The minimum absolute atomic E-state index is 0.0129. The molecule has 1 rings (SSSR count). The van der Waals surface area contributed by atoms with Crippen molar-refractivity contribution in [1.29, 1.82) is 0 Å². The number of hydrogen-bond acceptors (Lipinski definition) is 4. The van der Waals surface area contributed by atoms with Gasteiger partial charge in [0.05, 0.1) is 12.2 Å². The topological polar surface area (TPSA) is 77.8 Å². The van der Waals surface area contributed by atoms with Gasteiger partial charge in [-0.15, -0.1) is 0 Å². The Morgan fingerprint density at radius 1 is 1.31 bits per heavy atom. The Balaban J connectivity index is 3.16. The lowest BCUT2D eigenvalue weighted by Gasteiger charge is -2.18. The predicted octanol–water partition coefficient (Wildman–Crippen LogP) is 0.815. The maximum absolute atomic E-state index is 5.62. The number of hydrogen-bond donors (Lipinski definition) is 2. The highest BCUT2D eigenvalue weighted by atomic mass is 15.0. The van der Waals surface area contributed by atoms with Crippen molar-refractivity contribution in [1.82, 2.24) is 9.97 Å². The Bertz CT molecular complexity index is 301. The molecule has 4 N–H and O–H groups in total. The molecule has 4 heteroatoms. The smallest absolute Gasteiger partial charge is 0.144 e. The fourth-order valence-electron chi connectivity index (χ4n) is 0.993. The third kappa shape index (κ3) is 2.39. The molecule has 0 spiro atoms. The summed E-state index contributed by atoms with van der Waals surface area (Å²) in [7, 11) is 0. The van der Waals surface area contributed by atoms with Gasteiger partial charge in [-0.1, -0.05) is 20.8 Å². The first-order valence-electron chi connectivity index (χ1n) is 4.27. The van der Waals surface area contributed by atoms with E-state index >= 15 is 0 Å². The third-order valence-corrected chi connectivity index (χ3v) is 1.74. The maximum Gasteiger partial charge on any atom is 0.144 e. The van der Waals surface area contributed by atoms with Crippen LogP contribution in [0.2, 0.25) is 0 Å². The predicted molar refractivity (Wildman–Crippen MR) is 53.0 cm³/mol. The van der Waals surface area contributed by atoms with Gasteiger partial charge >= 0.3 is 0 Å². The first kappa shape index (κ1) is 9.92. The summed E-state index contributed by atoms with van der Waals surface area (Å²) in [6.07, 6.45) is 0. The summed E-state index contributed by atoms with van der Waals surface area (Å²) < 4.78 is 0. The van der Waals surface area contributed by atoms with Crippen molar-refractivity contribution in [3.05, 3.63) is 17.6 Å². The van der Waals surface area contributed by atoms with Gasteiger partial charge in [-0.25, -0.2) is 9.97 Å². The highest BCUT2D eigenvalue weighted by molar-refractivity contribution is 5.32. The molecule has 0 fully saturated rings. The Morgan fingerprint density at radius 3 is 2.38 bits per heavy atom. The molecular weight excluding hydrogens is 164 g/mol. The number of rotatable bonds is 1. The van der Waals surface area contributed by atoms with E-state index in [0.29, 0.717) is 18.2 Å². The van der Waals surface area contributed by atoms with Crippen molar-refractivity contribution in [2.24, 2.45) is 5.73 Å². The van der Waals surface area contributed by atoms with Gasteiger partial charge in [-0.05, 0) is 0 Å². The summed E-state index contributed by atoms with van der Waals surface area (Å²) in [4.78, 5) is 8.31. The lowest BCUT2D eigenvalue weighted by atomic mass is 9.92. The van der Waals surface area contributed by atoms with Gasteiger partial charge in [0.1, 0.15) is 11.6 Å². The maximum atomic E-state index is 5.62. The van der Waals surface area contributed by atoms with Crippen molar-refractivity contribution >= 4 is 5.82 Å². The number of nitrogen functional groups attached to an aromatic ring is 1. The molecule has 13 heavy (non-hydrogen) atoms. The van der Waals surface area contributed by atoms with Crippen molar-refractivity contribution < 1.29 is 0 Å². The average molecular weight is 180 g/mol. The zero-order valence-electron chi connectivity index (χ0n) is 8.33. The zero-order valence-corrected chi connectivity index (χ0v) is 8.33. The van der Waals surface area contributed by atoms with E-state index in [0.717, 1.165) is 5.69 Å². The van der Waals surface area contributed by atoms with E-state index in [4.69, 9.17) is 11.5 Å². The molecule has 0 amide bonds. The summed E-state index contributed by atoms with van der Waals surface area (Å²) in [6, 6.07) is 1.79. The van der Waals surface area contributed by atoms with Crippen LogP contribution in [0.25, 0.3) is 0 Å². The molecule has 0 atom stereocenters. The van der Waals surface area contributed by atoms with Crippen LogP contribution in [-0.2, 0) is 12.0 Å². The second kappa shape index (κ2) is 3.30. The Hall–Kier alpha value is -1.16. The molecule has 1 heterocycles. The summed E-state index contributed by atoms with van der Waals surface area (Å²) in [6.45, 7) is 6.56. The number of aromatic nitrogens is 2. The van der Waals surface area contributed by atoms with Crippen LogP contribution < -0.4 is 11.5 Å². The van der Waals surface area contributed by atoms with Gasteiger partial charge in [-0.2, -0.15) is 0 Å². The van der Waals surface area contributed by atoms with Crippen molar-refractivity contribution in [3.8, 4) is 0 Å². The molecular formula is C9H16N4. The van der Waals surface area contributed by atoms with E-state index in [1.165, 1.54) is 0 Å². The average Bonchev–Trinajstić information content (AvgIpc) is 2.01. The third-order valence-electron chi connectivity index (χ3n) is 1.74. The Kier molecular flexibility index (Phi) is 2.52. The molecule has 4 nitrogen and oxygen atoms in total. The van der Waals surface area contributed by atoms with E-state index in [9.17, 15) is 0 Å². The minimum Gasteiger partial charge on any atom is -0.384 e. The second-order valence-electron chi connectivity index (χ2n) is 4.05. The molecule has 0 saturated heterocycles. The van der Waals surface area contributed by atoms with E-state index < -0.39 is 0 Å². The van der Waals surface area contributed by atoms with Crippen LogP contribution in [0.15, 0.2) is 6.07 Å². The summed E-state index contributed by atoms with van der Waals surface area (Å²) in [5.41, 5.74) is 12.0. The van der Waals surface area contributed by atoms with Crippen molar-refractivity contribution in [3.63, 3.8) is 0 Å². The molecule has 0 aliphatic rings. The highest BCUT2D eigenvalue weighted by Crippen LogP contribution is 2.20. The van der Waals surface area contributed by atoms with Gasteiger partial charge < -0.3 is 11.5 Å². The summed E-state index contributed by atoms with van der Waals surface area (Å²) in [5, 5.41) is 0. The minimum atomic E-state index is -0.0129. The molecule has 0 bridgehead atoms. The standard InChI is InChI=1S/C9H16N4/c1-9(2,3)6-4-7(11)13-8(5-10)12-6/h4H,5,10H2,1-3H3,(H2,11,12,13). The number of nitrogens with two attached hydrogens (primary N) is 2. The molecule has 0 saturated carbocycles. The van der Waals surface area contributed by atoms with Crippen LogP contribution in [-0.4, -0.2) is 9.97 Å². The Labute approximate surface area is 78.4 Å². The fourth-order valence-corrected chi connectivity index (χ4v) is 0.993. The first-order chi connectivity index (χ1) is 5.93. The van der Waals surface area contributed by atoms with Crippen molar-refractivity contribution in [2.45, 2.75) is 32.7 Å². The van der Waals surface area contributed by atoms with E-state index in [1.807, 2.05) is 0 Å². The molecule has 72 valence electrons. The van der Waals surface area contributed by atoms with Crippen LogP contribution in [0.5, 0.6) is 0 Å². The molecule has 0 aromatic carbocycles. The molecule has 0 unspecified atom stereocenters. The molecule has 1 aromatic rings. The van der Waals surface area contributed by atoms with Gasteiger partial charge in [0.15, 0.2) is 0 Å². The van der Waals surface area contributed by atoms with E-state index in [1.54, 1.807) is 6.07 Å². The zero-order chi connectivity index (χ0) is 10.1. The molecule has 0 radical (unpaired) electrons. The molecule has 0 aliphatic heterocycles. The monoisotopic (exact) mass is 180 g/mol. The van der Waals surface area contributed by atoms with Crippen LogP contribution in [0.3, 0.4) is 0 Å². The van der Waals surface area contributed by atoms with Gasteiger partial charge in [0, 0.05) is 11.5 Å². The second-order valence-corrected chi connectivity index (χ2v) is 4.05. The van der Waals surface area contributed by atoms with Gasteiger partial charge in [0.25, 0.3) is 0 Å². The van der Waals surface area contributed by atoms with E-state index in [2.05, 4.69) is 30.7 Å². The first-order valence-corrected chi connectivity index (χ1v) is 4.27. The molecule has 1 aromatic heterocycles. The van der Waals surface area contributed by atoms with Gasteiger partial charge in [0.2, 0.25) is 0 Å². The van der Waals surface area contributed by atoms with Crippen molar-refractivity contribution in [2.75, 3.05) is 5.73 Å². The Morgan fingerprint density at radius 2 is 1.92 bits per heavy atom. The normalized spacial score (nSPS) is 11.7. The van der Waals surface area contributed by atoms with Gasteiger partial charge in [-0.3, -0.25) is 0 Å². The molecule has 0 aliphatic carbocycles. The lowest BCUT2D eigenvalue weighted by Crippen LogP contribution is -2.17. The fraction of sp³-hybridized carbons (Fsp3) is 0.556. The van der Waals surface area contributed by atoms with Crippen LogP contribution >= 0.6 is 0 Å². The summed E-state index contributed by atoms with van der Waals surface area (Å²) >= 11 is 0. The summed E-state index contributed by atoms with van der Waals surface area (Å²) in [5.74, 6) is 1.09. The highest BCUT2D eigenvalue weighted by Gasteiger charge is 2.16. The quantitative estimate of drug-likeness (QED) is 0.670. The number of nitrogens with zero attached hydrogens (tertiary/aromatic N) is 2. The van der Waals surface area contributed by atoms with Crippen LogP contribution in [0, 0.1) is 0 Å². The number of anilines is 1. The lowest BCUT2D eigenvalue weighted by molar-refractivity contribution is 0.562. The SMILES string of the molecule is CC(C)(C)c1cc(N)nc(CN)n1. The largest absolute Gasteiger partial charge is 0.384 e.